The number of hydrogen-bond acceptors (Lipinski definition) is 5. The maximum absolute atomic E-state index is 12.2. The Balaban J connectivity index is 1.99. The molecule has 7 nitrogen and oxygen atoms in total. The Morgan fingerprint density at radius 2 is 1.88 bits per heavy atom. The molecule has 0 aliphatic heterocycles. The van der Waals surface area contributed by atoms with Crippen LogP contribution in [-0.4, -0.2) is 50.8 Å². The highest BCUT2D eigenvalue weighted by Crippen LogP contribution is 2.21. The minimum atomic E-state index is -0.313. The summed E-state index contributed by atoms with van der Waals surface area (Å²) in [6.45, 7) is 0.452. The number of urea groups is 1. The zero-order valence-electron chi connectivity index (χ0n) is 14.9. The molecule has 2 N–H and O–H groups in total. The summed E-state index contributed by atoms with van der Waals surface area (Å²) >= 11 is 0. The first-order chi connectivity index (χ1) is 12.0. The number of nitrogens with zero attached hydrogens (tertiary/aromatic N) is 2. The van der Waals surface area contributed by atoms with E-state index in [0.29, 0.717) is 18.1 Å². The van der Waals surface area contributed by atoms with Crippen LogP contribution in [0.3, 0.4) is 0 Å². The molecular weight excluding hydrogens is 320 g/mol. The van der Waals surface area contributed by atoms with Crippen LogP contribution in [0.2, 0.25) is 0 Å². The lowest BCUT2D eigenvalue weighted by Gasteiger charge is -2.25. The molecule has 1 atom stereocenters. The molecule has 1 heterocycles. The van der Waals surface area contributed by atoms with Gasteiger partial charge in [-0.2, -0.15) is 0 Å². The monoisotopic (exact) mass is 344 g/mol. The second kappa shape index (κ2) is 8.89. The number of hydrogen-bond donors (Lipinski definition) is 2. The van der Waals surface area contributed by atoms with E-state index in [0.717, 1.165) is 11.3 Å². The summed E-state index contributed by atoms with van der Waals surface area (Å²) in [5, 5.41) is 5.63. The van der Waals surface area contributed by atoms with E-state index in [2.05, 4.69) is 15.6 Å². The van der Waals surface area contributed by atoms with Crippen molar-refractivity contribution in [3.05, 3.63) is 48.2 Å². The molecule has 1 unspecified atom stereocenters. The Morgan fingerprint density at radius 3 is 2.48 bits per heavy atom. The Bertz CT molecular complexity index is 689. The van der Waals surface area contributed by atoms with Crippen molar-refractivity contribution in [2.75, 3.05) is 40.2 Å². The van der Waals surface area contributed by atoms with E-state index in [1.165, 1.54) is 7.11 Å². The molecule has 0 aliphatic carbocycles. The van der Waals surface area contributed by atoms with Gasteiger partial charge < -0.3 is 25.0 Å². The topological polar surface area (TPSA) is 75.7 Å². The largest absolute Gasteiger partial charge is 0.497 e. The molecule has 25 heavy (non-hydrogen) atoms. The Labute approximate surface area is 148 Å². The number of amides is 2. The summed E-state index contributed by atoms with van der Waals surface area (Å²) in [7, 11) is 7.09. The second-order valence-electron chi connectivity index (χ2n) is 5.65. The van der Waals surface area contributed by atoms with Gasteiger partial charge in [-0.15, -0.1) is 0 Å². The number of methoxy groups -OCH3 is 2. The lowest BCUT2D eigenvalue weighted by molar-refractivity contribution is 0.243. The number of ether oxygens (including phenoxy) is 2. The van der Waals surface area contributed by atoms with Gasteiger partial charge in [-0.25, -0.2) is 9.78 Å². The smallest absolute Gasteiger partial charge is 0.319 e. The third kappa shape index (κ3) is 5.09. The zero-order valence-corrected chi connectivity index (χ0v) is 14.9. The van der Waals surface area contributed by atoms with E-state index in [-0.39, 0.29) is 12.1 Å². The van der Waals surface area contributed by atoms with Crippen molar-refractivity contribution in [2.24, 2.45) is 0 Å². The molecule has 0 bridgehead atoms. The van der Waals surface area contributed by atoms with Gasteiger partial charge in [0, 0.05) is 12.7 Å². The molecule has 2 rings (SSSR count). The molecule has 134 valence electrons. The van der Waals surface area contributed by atoms with Crippen LogP contribution < -0.4 is 20.1 Å². The van der Waals surface area contributed by atoms with E-state index in [9.17, 15) is 4.79 Å². The van der Waals surface area contributed by atoms with Crippen molar-refractivity contribution in [1.29, 1.82) is 0 Å². The standard InChI is InChI=1S/C18H24N4O3/c1-22(2)16(13-7-9-14(24-3)10-8-13)12-20-18(23)21-15-6-5-11-19-17(15)25-4/h5-11,16H,12H2,1-4H3,(H2,20,21,23). The van der Waals surface area contributed by atoms with Crippen LogP contribution in [0, 0.1) is 0 Å². The number of nitrogens with one attached hydrogen (secondary N) is 2. The number of likely N-dealkylation sites (N-methyl/N-ethyl adjacent to an activating group) is 1. The number of benzene rings is 1. The third-order valence-electron chi connectivity index (χ3n) is 3.79. The predicted octanol–water partition coefficient (Wildman–Crippen LogP) is 2.52. The molecule has 7 heteroatoms. The maximum atomic E-state index is 12.2. The van der Waals surface area contributed by atoms with Crippen molar-refractivity contribution in [3.63, 3.8) is 0 Å². The van der Waals surface area contributed by atoms with Crippen LogP contribution in [0.5, 0.6) is 11.6 Å². The molecule has 0 saturated carbocycles. The van der Waals surface area contributed by atoms with Gasteiger partial charge in [0.2, 0.25) is 5.88 Å². The van der Waals surface area contributed by atoms with Gasteiger partial charge in [0.15, 0.2) is 0 Å². The molecule has 1 aromatic carbocycles. The van der Waals surface area contributed by atoms with Crippen molar-refractivity contribution >= 4 is 11.7 Å². The van der Waals surface area contributed by atoms with E-state index >= 15 is 0 Å². The molecule has 2 aromatic rings. The highest BCUT2D eigenvalue weighted by molar-refractivity contribution is 5.90. The van der Waals surface area contributed by atoms with Gasteiger partial charge in [-0.3, -0.25) is 0 Å². The molecule has 0 fully saturated rings. The first-order valence-corrected chi connectivity index (χ1v) is 7.89. The minimum absolute atomic E-state index is 0.0347. The van der Waals surface area contributed by atoms with Gasteiger partial charge >= 0.3 is 6.03 Å². The van der Waals surface area contributed by atoms with Gasteiger partial charge in [0.25, 0.3) is 0 Å². The fraction of sp³-hybridized carbons (Fsp3) is 0.333. The number of rotatable bonds is 7. The summed E-state index contributed by atoms with van der Waals surface area (Å²) in [5.74, 6) is 1.17. The highest BCUT2D eigenvalue weighted by atomic mass is 16.5. The second-order valence-corrected chi connectivity index (χ2v) is 5.65. The Hall–Kier alpha value is -2.80. The summed E-state index contributed by atoms with van der Waals surface area (Å²) in [6.07, 6.45) is 1.60. The highest BCUT2D eigenvalue weighted by Gasteiger charge is 2.16. The third-order valence-corrected chi connectivity index (χ3v) is 3.79. The zero-order chi connectivity index (χ0) is 18.2. The van der Waals surface area contributed by atoms with Gasteiger partial charge in [0.1, 0.15) is 11.4 Å². The molecule has 1 aromatic heterocycles. The summed E-state index contributed by atoms with van der Waals surface area (Å²) in [6, 6.07) is 11.0. The molecule has 0 saturated heterocycles. The summed E-state index contributed by atoms with van der Waals surface area (Å²) in [5.41, 5.74) is 1.61. The Kier molecular flexibility index (Phi) is 6.59. The maximum Gasteiger partial charge on any atom is 0.319 e. The SMILES string of the molecule is COc1ccc(C(CNC(=O)Nc2cccnc2OC)N(C)C)cc1. The lowest BCUT2D eigenvalue weighted by atomic mass is 10.1. The number of anilines is 1. The van der Waals surface area contributed by atoms with E-state index in [1.54, 1.807) is 25.4 Å². The van der Waals surface area contributed by atoms with Crippen LogP contribution in [0.25, 0.3) is 0 Å². The van der Waals surface area contributed by atoms with Crippen LogP contribution in [0.1, 0.15) is 11.6 Å². The lowest BCUT2D eigenvalue weighted by Crippen LogP contribution is -2.37. The average Bonchev–Trinajstić information content (AvgIpc) is 2.62. The molecule has 0 aliphatic rings. The Morgan fingerprint density at radius 1 is 1.16 bits per heavy atom. The molecule has 2 amide bonds. The minimum Gasteiger partial charge on any atom is -0.497 e. The van der Waals surface area contributed by atoms with Crippen molar-refractivity contribution < 1.29 is 14.3 Å². The van der Waals surface area contributed by atoms with Crippen molar-refractivity contribution in [2.45, 2.75) is 6.04 Å². The van der Waals surface area contributed by atoms with Crippen LogP contribution in [-0.2, 0) is 0 Å². The van der Waals surface area contributed by atoms with E-state index in [4.69, 9.17) is 9.47 Å². The van der Waals surface area contributed by atoms with E-state index < -0.39 is 0 Å². The van der Waals surface area contributed by atoms with Gasteiger partial charge in [-0.1, -0.05) is 12.1 Å². The molecular formula is C18H24N4O3. The first kappa shape index (κ1) is 18.5. The fourth-order valence-electron chi connectivity index (χ4n) is 2.43. The van der Waals surface area contributed by atoms with Crippen molar-refractivity contribution in [3.8, 4) is 11.6 Å². The molecule has 0 spiro atoms. The van der Waals surface area contributed by atoms with Gasteiger partial charge in [0.05, 0.1) is 20.3 Å². The average molecular weight is 344 g/mol. The number of carbonyl (C=O) groups is 1. The summed E-state index contributed by atoms with van der Waals surface area (Å²) < 4.78 is 10.3. The van der Waals surface area contributed by atoms with Crippen LogP contribution in [0.4, 0.5) is 10.5 Å². The number of aromatic nitrogens is 1. The van der Waals surface area contributed by atoms with Crippen molar-refractivity contribution in [1.82, 2.24) is 15.2 Å². The number of carbonyl (C=O) groups excluding carboxylic acids is 1. The van der Waals surface area contributed by atoms with Crippen LogP contribution >= 0.6 is 0 Å². The van der Waals surface area contributed by atoms with Crippen LogP contribution in [0.15, 0.2) is 42.6 Å². The molecule has 0 radical (unpaired) electrons. The predicted molar refractivity (Wildman–Crippen MR) is 97.2 cm³/mol. The van der Waals surface area contributed by atoms with E-state index in [1.807, 2.05) is 43.3 Å². The summed E-state index contributed by atoms with van der Waals surface area (Å²) in [4.78, 5) is 18.3. The van der Waals surface area contributed by atoms with Gasteiger partial charge in [-0.05, 0) is 43.9 Å². The first-order valence-electron chi connectivity index (χ1n) is 7.89. The normalized spacial score (nSPS) is 11.7. The number of pyridine rings is 1. The fourth-order valence-corrected chi connectivity index (χ4v) is 2.43. The quantitative estimate of drug-likeness (QED) is 0.807.